The standard InChI is InChI=1S/C20H19FN2O2S/c1-3-16-12-19(25-18-9-7-17(24-2)8-10-18)23-20(22-16)26-13-14-5-4-6-15(21)11-14/h4-12H,3,13H2,1-2H3. The molecule has 134 valence electrons. The van der Waals surface area contributed by atoms with E-state index in [2.05, 4.69) is 9.97 Å². The Balaban J connectivity index is 1.74. The summed E-state index contributed by atoms with van der Waals surface area (Å²) in [6.07, 6.45) is 0.773. The Kier molecular flexibility index (Phi) is 6.07. The maximum absolute atomic E-state index is 13.3. The molecule has 0 aliphatic carbocycles. The molecule has 0 unspecified atom stereocenters. The quantitative estimate of drug-likeness (QED) is 0.419. The van der Waals surface area contributed by atoms with Gasteiger partial charge in [0.25, 0.3) is 0 Å². The Hall–Kier alpha value is -2.60. The monoisotopic (exact) mass is 370 g/mol. The summed E-state index contributed by atoms with van der Waals surface area (Å²) in [4.78, 5) is 8.98. The highest BCUT2D eigenvalue weighted by Crippen LogP contribution is 2.26. The number of benzene rings is 2. The van der Waals surface area contributed by atoms with Crippen LogP contribution < -0.4 is 9.47 Å². The van der Waals surface area contributed by atoms with Crippen molar-refractivity contribution in [3.05, 3.63) is 71.7 Å². The van der Waals surface area contributed by atoms with E-state index in [0.717, 1.165) is 23.4 Å². The molecule has 0 aliphatic heterocycles. The van der Waals surface area contributed by atoms with E-state index in [-0.39, 0.29) is 5.82 Å². The van der Waals surface area contributed by atoms with E-state index in [9.17, 15) is 4.39 Å². The molecule has 3 rings (SSSR count). The highest BCUT2D eigenvalue weighted by atomic mass is 32.2. The van der Waals surface area contributed by atoms with Crippen LogP contribution in [0.3, 0.4) is 0 Å². The Morgan fingerprint density at radius 1 is 1.00 bits per heavy atom. The fraction of sp³-hybridized carbons (Fsp3) is 0.200. The fourth-order valence-corrected chi connectivity index (χ4v) is 3.10. The minimum Gasteiger partial charge on any atom is -0.497 e. The third-order valence-electron chi connectivity index (χ3n) is 3.64. The fourth-order valence-electron chi connectivity index (χ4n) is 2.29. The maximum atomic E-state index is 13.3. The molecule has 0 bridgehead atoms. The first-order chi connectivity index (χ1) is 12.7. The van der Waals surface area contributed by atoms with Gasteiger partial charge in [0.1, 0.15) is 17.3 Å². The van der Waals surface area contributed by atoms with Crippen molar-refractivity contribution in [2.75, 3.05) is 7.11 Å². The average Bonchev–Trinajstić information content (AvgIpc) is 2.67. The lowest BCUT2D eigenvalue weighted by Gasteiger charge is -2.09. The molecule has 4 nitrogen and oxygen atoms in total. The number of nitrogens with zero attached hydrogens (tertiary/aromatic N) is 2. The zero-order valence-corrected chi connectivity index (χ0v) is 15.4. The summed E-state index contributed by atoms with van der Waals surface area (Å²) in [6, 6.07) is 15.7. The van der Waals surface area contributed by atoms with Crippen LogP contribution in [0, 0.1) is 5.82 Å². The Morgan fingerprint density at radius 3 is 2.46 bits per heavy atom. The third kappa shape index (κ3) is 4.95. The molecule has 0 atom stereocenters. The first-order valence-electron chi connectivity index (χ1n) is 8.23. The molecule has 0 saturated carbocycles. The number of hydrogen-bond acceptors (Lipinski definition) is 5. The molecule has 0 aliphatic rings. The normalized spacial score (nSPS) is 10.6. The molecule has 2 aromatic carbocycles. The average molecular weight is 370 g/mol. The van der Waals surface area contributed by atoms with Gasteiger partial charge in [0.05, 0.1) is 7.11 Å². The molecule has 0 saturated heterocycles. The van der Waals surface area contributed by atoms with E-state index in [1.54, 1.807) is 13.2 Å². The van der Waals surface area contributed by atoms with Crippen molar-refractivity contribution in [1.29, 1.82) is 0 Å². The Morgan fingerprint density at radius 2 is 1.77 bits per heavy atom. The van der Waals surface area contributed by atoms with E-state index in [4.69, 9.17) is 9.47 Å². The van der Waals surface area contributed by atoms with E-state index in [1.165, 1.54) is 23.9 Å². The molecule has 1 heterocycles. The number of aromatic nitrogens is 2. The van der Waals surface area contributed by atoms with Crippen molar-refractivity contribution in [2.24, 2.45) is 0 Å². The maximum Gasteiger partial charge on any atom is 0.223 e. The number of thioether (sulfide) groups is 1. The molecule has 1 aromatic heterocycles. The predicted molar refractivity (Wildman–Crippen MR) is 100 cm³/mol. The van der Waals surface area contributed by atoms with Gasteiger partial charge in [-0.2, -0.15) is 4.98 Å². The number of ether oxygens (including phenoxy) is 2. The van der Waals surface area contributed by atoms with E-state index in [0.29, 0.717) is 22.5 Å². The molecule has 0 N–H and O–H groups in total. The summed E-state index contributed by atoms with van der Waals surface area (Å²) in [5.74, 6) is 2.28. The van der Waals surface area contributed by atoms with Crippen molar-refractivity contribution in [2.45, 2.75) is 24.3 Å². The van der Waals surface area contributed by atoms with Gasteiger partial charge in [-0.15, -0.1) is 0 Å². The SMILES string of the molecule is CCc1cc(Oc2ccc(OC)cc2)nc(SCc2cccc(F)c2)n1. The summed E-state index contributed by atoms with van der Waals surface area (Å²) in [5, 5.41) is 0.608. The van der Waals surface area contributed by atoms with Crippen molar-refractivity contribution >= 4 is 11.8 Å². The molecule has 0 fully saturated rings. The summed E-state index contributed by atoms with van der Waals surface area (Å²) < 4.78 is 24.3. The minimum atomic E-state index is -0.241. The van der Waals surface area contributed by atoms with Crippen LogP contribution in [-0.4, -0.2) is 17.1 Å². The van der Waals surface area contributed by atoms with Crippen LogP contribution in [0.4, 0.5) is 4.39 Å². The molecular formula is C20H19FN2O2S. The van der Waals surface area contributed by atoms with Crippen LogP contribution in [0.5, 0.6) is 17.4 Å². The first-order valence-corrected chi connectivity index (χ1v) is 9.22. The summed E-state index contributed by atoms with van der Waals surface area (Å²) >= 11 is 1.45. The zero-order chi connectivity index (χ0) is 18.4. The van der Waals surface area contributed by atoms with Crippen molar-refractivity contribution in [3.8, 4) is 17.4 Å². The molecule has 26 heavy (non-hydrogen) atoms. The minimum absolute atomic E-state index is 0.241. The van der Waals surface area contributed by atoms with Gasteiger partial charge in [-0.25, -0.2) is 9.37 Å². The lowest BCUT2D eigenvalue weighted by molar-refractivity contribution is 0.411. The van der Waals surface area contributed by atoms with Gasteiger partial charge in [-0.05, 0) is 48.4 Å². The number of rotatable bonds is 7. The van der Waals surface area contributed by atoms with Gasteiger partial charge < -0.3 is 9.47 Å². The molecule has 0 spiro atoms. The summed E-state index contributed by atoms with van der Waals surface area (Å²) in [5.41, 5.74) is 1.78. The van der Waals surface area contributed by atoms with Crippen molar-refractivity contribution in [1.82, 2.24) is 9.97 Å². The van der Waals surface area contributed by atoms with Crippen LogP contribution in [0.1, 0.15) is 18.2 Å². The Bertz CT molecular complexity index is 872. The second-order valence-corrected chi connectivity index (χ2v) is 6.47. The number of methoxy groups -OCH3 is 1. The van der Waals surface area contributed by atoms with Gasteiger partial charge in [-0.3, -0.25) is 0 Å². The molecular weight excluding hydrogens is 351 g/mol. The lowest BCUT2D eigenvalue weighted by Crippen LogP contribution is -1.97. The highest BCUT2D eigenvalue weighted by Gasteiger charge is 2.08. The van der Waals surface area contributed by atoms with Crippen molar-refractivity contribution in [3.63, 3.8) is 0 Å². The Labute approximate surface area is 156 Å². The predicted octanol–water partition coefficient (Wildman–Crippen LogP) is 5.27. The highest BCUT2D eigenvalue weighted by molar-refractivity contribution is 7.98. The van der Waals surface area contributed by atoms with Gasteiger partial charge in [0.2, 0.25) is 5.88 Å². The molecule has 6 heteroatoms. The van der Waals surface area contributed by atoms with Crippen LogP contribution in [0.25, 0.3) is 0 Å². The largest absolute Gasteiger partial charge is 0.497 e. The van der Waals surface area contributed by atoms with E-state index >= 15 is 0 Å². The second-order valence-electron chi connectivity index (χ2n) is 5.53. The lowest BCUT2D eigenvalue weighted by atomic mass is 10.2. The van der Waals surface area contributed by atoms with Gasteiger partial charge in [-0.1, -0.05) is 30.8 Å². The third-order valence-corrected chi connectivity index (χ3v) is 4.55. The topological polar surface area (TPSA) is 44.2 Å². The molecule has 0 amide bonds. The number of hydrogen-bond donors (Lipinski definition) is 0. The summed E-state index contributed by atoms with van der Waals surface area (Å²) in [6.45, 7) is 2.03. The molecule has 0 radical (unpaired) electrons. The van der Waals surface area contributed by atoms with Crippen LogP contribution in [0.2, 0.25) is 0 Å². The van der Waals surface area contributed by atoms with Gasteiger partial charge in [0.15, 0.2) is 5.16 Å². The van der Waals surface area contributed by atoms with Crippen LogP contribution in [0.15, 0.2) is 59.8 Å². The number of halogens is 1. The first kappa shape index (κ1) is 18.2. The second kappa shape index (κ2) is 8.67. The van der Waals surface area contributed by atoms with Gasteiger partial charge >= 0.3 is 0 Å². The van der Waals surface area contributed by atoms with Crippen LogP contribution in [-0.2, 0) is 12.2 Å². The van der Waals surface area contributed by atoms with Crippen molar-refractivity contribution < 1.29 is 13.9 Å². The summed E-state index contributed by atoms with van der Waals surface area (Å²) in [7, 11) is 1.62. The number of aryl methyl sites for hydroxylation is 1. The van der Waals surface area contributed by atoms with E-state index < -0.39 is 0 Å². The zero-order valence-electron chi connectivity index (χ0n) is 14.6. The smallest absolute Gasteiger partial charge is 0.223 e. The van der Waals surface area contributed by atoms with Crippen LogP contribution >= 0.6 is 11.8 Å². The molecule has 3 aromatic rings. The van der Waals surface area contributed by atoms with Gasteiger partial charge in [0, 0.05) is 17.5 Å². The van der Waals surface area contributed by atoms with E-state index in [1.807, 2.05) is 43.3 Å².